The number of aliphatic hydroxyl groups is 1. The van der Waals surface area contributed by atoms with E-state index < -0.39 is 0 Å². The van der Waals surface area contributed by atoms with Crippen LogP contribution in [0.15, 0.2) is 30.3 Å². The van der Waals surface area contributed by atoms with Gasteiger partial charge in [0.25, 0.3) is 0 Å². The molecule has 0 fully saturated rings. The van der Waals surface area contributed by atoms with E-state index in [1.807, 2.05) is 13.0 Å². The Morgan fingerprint density at radius 1 is 1.43 bits per heavy atom. The summed E-state index contributed by atoms with van der Waals surface area (Å²) in [5.41, 5.74) is 0.539. The number of carbonyl (C=O) groups excluding carboxylic acids is 1. The van der Waals surface area contributed by atoms with Crippen LogP contribution < -0.4 is 0 Å². The molecule has 14 heavy (non-hydrogen) atoms. The van der Waals surface area contributed by atoms with E-state index in [4.69, 9.17) is 9.84 Å². The van der Waals surface area contributed by atoms with Crippen LogP contribution in [0.1, 0.15) is 17.3 Å². The predicted molar refractivity (Wildman–Crippen MR) is 53.0 cm³/mol. The smallest absolute Gasteiger partial charge is 0.338 e. The number of benzene rings is 1. The van der Waals surface area contributed by atoms with Crippen molar-refractivity contribution in [1.82, 2.24) is 0 Å². The summed E-state index contributed by atoms with van der Waals surface area (Å²) in [5.74, 6) is -0.353. The first-order chi connectivity index (χ1) is 6.74. The summed E-state index contributed by atoms with van der Waals surface area (Å²) in [4.78, 5) is 11.4. The maximum Gasteiger partial charge on any atom is 0.338 e. The van der Waals surface area contributed by atoms with Gasteiger partial charge in [-0.3, -0.25) is 0 Å². The molecular weight excluding hydrogens is 180 g/mol. The molecule has 3 nitrogen and oxygen atoms in total. The van der Waals surface area contributed by atoms with Crippen LogP contribution in [0, 0.1) is 5.92 Å². The van der Waals surface area contributed by atoms with Crippen LogP contribution in [-0.2, 0) is 4.74 Å². The van der Waals surface area contributed by atoms with Gasteiger partial charge < -0.3 is 9.84 Å². The molecule has 0 aliphatic rings. The number of hydrogen-bond donors (Lipinski definition) is 1. The Labute approximate surface area is 83.3 Å². The highest BCUT2D eigenvalue weighted by Crippen LogP contribution is 2.02. The van der Waals surface area contributed by atoms with E-state index in [9.17, 15) is 4.79 Å². The third kappa shape index (κ3) is 3.18. The molecule has 1 rings (SSSR count). The third-order valence-electron chi connectivity index (χ3n) is 1.82. The van der Waals surface area contributed by atoms with Gasteiger partial charge in [-0.1, -0.05) is 25.1 Å². The van der Waals surface area contributed by atoms with E-state index in [2.05, 4.69) is 0 Å². The molecular formula is C11H14O3. The third-order valence-corrected chi connectivity index (χ3v) is 1.82. The zero-order valence-electron chi connectivity index (χ0n) is 8.14. The summed E-state index contributed by atoms with van der Waals surface area (Å²) in [6.45, 7) is 2.10. The molecule has 1 aromatic rings. The lowest BCUT2D eigenvalue weighted by Gasteiger charge is -2.08. The van der Waals surface area contributed by atoms with Crippen molar-refractivity contribution in [2.75, 3.05) is 13.2 Å². The highest BCUT2D eigenvalue weighted by atomic mass is 16.5. The van der Waals surface area contributed by atoms with Crippen LogP contribution in [0.3, 0.4) is 0 Å². The molecule has 0 radical (unpaired) electrons. The lowest BCUT2D eigenvalue weighted by atomic mass is 10.2. The molecule has 0 aromatic heterocycles. The summed E-state index contributed by atoms with van der Waals surface area (Å²) in [6, 6.07) is 8.81. The molecule has 0 saturated heterocycles. The van der Waals surface area contributed by atoms with Gasteiger partial charge in [0.05, 0.1) is 12.2 Å². The Kier molecular flexibility index (Phi) is 4.13. The Morgan fingerprint density at radius 3 is 2.64 bits per heavy atom. The van der Waals surface area contributed by atoms with Crippen LogP contribution in [0.25, 0.3) is 0 Å². The Bertz CT molecular complexity index is 282. The van der Waals surface area contributed by atoms with Gasteiger partial charge >= 0.3 is 5.97 Å². The maximum atomic E-state index is 11.4. The molecule has 0 unspecified atom stereocenters. The molecule has 0 aliphatic heterocycles. The van der Waals surface area contributed by atoms with Crippen molar-refractivity contribution in [3.05, 3.63) is 35.9 Å². The topological polar surface area (TPSA) is 46.5 Å². The van der Waals surface area contributed by atoms with Gasteiger partial charge in [0, 0.05) is 12.5 Å². The Hall–Kier alpha value is -1.35. The molecule has 76 valence electrons. The second-order valence-electron chi connectivity index (χ2n) is 3.25. The Balaban J connectivity index is 2.44. The fraction of sp³-hybridized carbons (Fsp3) is 0.364. The minimum absolute atomic E-state index is 0.0114. The molecule has 0 amide bonds. The van der Waals surface area contributed by atoms with Crippen LogP contribution in [0.4, 0.5) is 0 Å². The van der Waals surface area contributed by atoms with E-state index in [1.165, 1.54) is 0 Å². The van der Waals surface area contributed by atoms with E-state index in [-0.39, 0.29) is 25.1 Å². The van der Waals surface area contributed by atoms with Gasteiger partial charge in [-0.25, -0.2) is 4.79 Å². The van der Waals surface area contributed by atoms with Crippen molar-refractivity contribution in [3.8, 4) is 0 Å². The van der Waals surface area contributed by atoms with Crippen molar-refractivity contribution in [1.29, 1.82) is 0 Å². The van der Waals surface area contributed by atoms with Crippen molar-refractivity contribution >= 4 is 5.97 Å². The average molecular weight is 194 g/mol. The zero-order valence-corrected chi connectivity index (χ0v) is 8.14. The monoisotopic (exact) mass is 194 g/mol. The van der Waals surface area contributed by atoms with Crippen molar-refractivity contribution < 1.29 is 14.6 Å². The number of esters is 1. The van der Waals surface area contributed by atoms with Crippen molar-refractivity contribution in [2.24, 2.45) is 5.92 Å². The zero-order chi connectivity index (χ0) is 10.4. The summed E-state index contributed by atoms with van der Waals surface area (Å²) in [7, 11) is 0. The van der Waals surface area contributed by atoms with Crippen LogP contribution >= 0.6 is 0 Å². The minimum atomic E-state index is -0.342. The number of aliphatic hydroxyl groups excluding tert-OH is 1. The second-order valence-corrected chi connectivity index (χ2v) is 3.25. The molecule has 0 spiro atoms. The number of hydrogen-bond acceptors (Lipinski definition) is 3. The molecule has 0 bridgehead atoms. The van der Waals surface area contributed by atoms with E-state index in [0.717, 1.165) is 0 Å². The molecule has 0 heterocycles. The quantitative estimate of drug-likeness (QED) is 0.738. The average Bonchev–Trinajstić information content (AvgIpc) is 2.26. The fourth-order valence-electron chi connectivity index (χ4n) is 0.928. The first-order valence-electron chi connectivity index (χ1n) is 4.57. The van der Waals surface area contributed by atoms with Gasteiger partial charge in [0.15, 0.2) is 0 Å². The molecule has 1 N–H and O–H groups in total. The highest BCUT2D eigenvalue weighted by molar-refractivity contribution is 5.89. The summed E-state index contributed by atoms with van der Waals surface area (Å²) >= 11 is 0. The normalized spacial score (nSPS) is 12.1. The SMILES string of the molecule is C[C@H](CO)COC(=O)c1ccccc1. The van der Waals surface area contributed by atoms with Crippen molar-refractivity contribution in [2.45, 2.75) is 6.92 Å². The van der Waals surface area contributed by atoms with Gasteiger partial charge in [-0.15, -0.1) is 0 Å². The number of ether oxygens (including phenoxy) is 1. The predicted octanol–water partition coefficient (Wildman–Crippen LogP) is 1.47. The summed E-state index contributed by atoms with van der Waals surface area (Å²) in [5, 5.41) is 8.73. The van der Waals surface area contributed by atoms with Crippen molar-refractivity contribution in [3.63, 3.8) is 0 Å². The molecule has 0 aliphatic carbocycles. The van der Waals surface area contributed by atoms with Crippen LogP contribution in [0.5, 0.6) is 0 Å². The van der Waals surface area contributed by atoms with Gasteiger partial charge in [-0.2, -0.15) is 0 Å². The number of carbonyl (C=O) groups is 1. The molecule has 3 heteroatoms. The van der Waals surface area contributed by atoms with Crippen LogP contribution in [0.2, 0.25) is 0 Å². The summed E-state index contributed by atoms with van der Waals surface area (Å²) in [6.07, 6.45) is 0. The van der Waals surface area contributed by atoms with Gasteiger partial charge in [-0.05, 0) is 12.1 Å². The number of rotatable bonds is 4. The van der Waals surface area contributed by atoms with E-state index in [0.29, 0.717) is 5.56 Å². The maximum absolute atomic E-state index is 11.4. The lowest BCUT2D eigenvalue weighted by molar-refractivity contribution is 0.0405. The lowest BCUT2D eigenvalue weighted by Crippen LogP contribution is -2.14. The van der Waals surface area contributed by atoms with E-state index in [1.54, 1.807) is 24.3 Å². The van der Waals surface area contributed by atoms with E-state index >= 15 is 0 Å². The summed E-state index contributed by atoms with van der Waals surface area (Å²) < 4.78 is 4.98. The first-order valence-corrected chi connectivity index (χ1v) is 4.57. The standard InChI is InChI=1S/C11H14O3/c1-9(7-12)8-14-11(13)10-5-3-2-4-6-10/h2-6,9,12H,7-8H2,1H3/t9-/m1/s1. The first kappa shape index (κ1) is 10.7. The Morgan fingerprint density at radius 2 is 2.07 bits per heavy atom. The minimum Gasteiger partial charge on any atom is -0.462 e. The van der Waals surface area contributed by atoms with Gasteiger partial charge in [0.1, 0.15) is 0 Å². The fourth-order valence-corrected chi connectivity index (χ4v) is 0.928. The van der Waals surface area contributed by atoms with Gasteiger partial charge in [0.2, 0.25) is 0 Å². The molecule has 1 aromatic carbocycles. The molecule has 1 atom stereocenters. The highest BCUT2D eigenvalue weighted by Gasteiger charge is 2.07. The second kappa shape index (κ2) is 5.40. The largest absolute Gasteiger partial charge is 0.462 e. The van der Waals surface area contributed by atoms with Crippen LogP contribution in [-0.4, -0.2) is 24.3 Å². The molecule has 0 saturated carbocycles.